The fraction of sp³-hybridized carbons (Fsp3) is 0.217. The van der Waals surface area contributed by atoms with E-state index in [9.17, 15) is 14.4 Å². The molecule has 0 aliphatic carbocycles. The van der Waals surface area contributed by atoms with Crippen LogP contribution in [0.5, 0.6) is 0 Å². The minimum absolute atomic E-state index is 0.0204. The van der Waals surface area contributed by atoms with Gasteiger partial charge in [0.15, 0.2) is 0 Å². The number of hydrogen-bond acceptors (Lipinski definition) is 4. The quantitative estimate of drug-likeness (QED) is 0.575. The van der Waals surface area contributed by atoms with E-state index in [1.54, 1.807) is 34.0 Å². The van der Waals surface area contributed by atoms with Crippen molar-refractivity contribution < 1.29 is 14.4 Å². The van der Waals surface area contributed by atoms with Gasteiger partial charge in [0.1, 0.15) is 0 Å². The summed E-state index contributed by atoms with van der Waals surface area (Å²) in [5, 5.41) is 9.41. The topological polar surface area (TPSA) is 96.3 Å². The summed E-state index contributed by atoms with van der Waals surface area (Å²) >= 11 is 0. The van der Waals surface area contributed by atoms with E-state index in [1.807, 2.05) is 49.5 Å². The number of hydrogen-bond donors (Lipinski definition) is 2. The molecule has 1 heterocycles. The Labute approximate surface area is 180 Å². The minimum Gasteiger partial charge on any atom is -0.344 e. The van der Waals surface area contributed by atoms with Crippen molar-refractivity contribution in [3.05, 3.63) is 78.1 Å². The van der Waals surface area contributed by atoms with Gasteiger partial charge in [-0.1, -0.05) is 24.3 Å². The average Bonchev–Trinajstić information content (AvgIpc) is 3.31. The van der Waals surface area contributed by atoms with Gasteiger partial charge in [-0.05, 0) is 48.4 Å². The van der Waals surface area contributed by atoms with Crippen molar-refractivity contribution >= 4 is 23.4 Å². The molecule has 2 aromatic carbocycles. The van der Waals surface area contributed by atoms with Crippen LogP contribution in [-0.4, -0.2) is 38.9 Å². The lowest BCUT2D eigenvalue weighted by Crippen LogP contribution is -2.35. The first kappa shape index (κ1) is 21.8. The summed E-state index contributed by atoms with van der Waals surface area (Å²) in [7, 11) is 0. The first-order valence-corrected chi connectivity index (χ1v) is 9.99. The van der Waals surface area contributed by atoms with Crippen LogP contribution in [0.1, 0.15) is 25.0 Å². The maximum Gasteiger partial charge on any atom is 0.313 e. The average molecular weight is 419 g/mol. The molecule has 0 radical (unpaired) electrons. The molecule has 3 amide bonds. The van der Waals surface area contributed by atoms with E-state index in [2.05, 4.69) is 15.7 Å². The van der Waals surface area contributed by atoms with E-state index >= 15 is 0 Å². The molecule has 0 atom stereocenters. The highest BCUT2D eigenvalue weighted by Gasteiger charge is 2.14. The molecule has 2 N–H and O–H groups in total. The maximum absolute atomic E-state index is 12.3. The molecule has 31 heavy (non-hydrogen) atoms. The van der Waals surface area contributed by atoms with Crippen molar-refractivity contribution in [2.24, 2.45) is 0 Å². The van der Waals surface area contributed by atoms with Gasteiger partial charge in [-0.2, -0.15) is 5.10 Å². The third kappa shape index (κ3) is 6.02. The molecule has 8 heteroatoms. The summed E-state index contributed by atoms with van der Waals surface area (Å²) in [5.74, 6) is -1.50. The van der Waals surface area contributed by atoms with Crippen LogP contribution >= 0.6 is 0 Å². The molecule has 0 saturated carbocycles. The van der Waals surface area contributed by atoms with Crippen molar-refractivity contribution in [3.8, 4) is 5.69 Å². The second-order valence-electron chi connectivity index (χ2n) is 6.99. The first-order chi connectivity index (χ1) is 15.0. The number of nitrogens with one attached hydrogen (secondary N) is 2. The Kier molecular flexibility index (Phi) is 7.16. The number of nitrogens with zero attached hydrogens (tertiary/aromatic N) is 3. The zero-order chi connectivity index (χ0) is 22.2. The summed E-state index contributed by atoms with van der Waals surface area (Å²) < 4.78 is 1.72. The fourth-order valence-corrected chi connectivity index (χ4v) is 3.09. The smallest absolute Gasteiger partial charge is 0.313 e. The lowest BCUT2D eigenvalue weighted by Gasteiger charge is -2.19. The van der Waals surface area contributed by atoms with E-state index in [0.29, 0.717) is 18.8 Å². The van der Waals surface area contributed by atoms with Crippen LogP contribution in [-0.2, 0) is 27.5 Å². The zero-order valence-corrected chi connectivity index (χ0v) is 17.5. The molecule has 3 aromatic rings. The number of carbonyl (C=O) groups is 3. The Morgan fingerprint density at radius 1 is 1.00 bits per heavy atom. The number of aromatic nitrogens is 2. The highest BCUT2D eigenvalue weighted by atomic mass is 16.2. The standard InChI is InChI=1S/C23H25N5O3/c1-3-27(17(2)29)16-19-8-4-9-20(13-19)26-23(31)22(30)24-15-18-7-5-10-21(14-18)28-12-6-11-25-28/h4-14H,3,15-16H2,1-2H3,(H,24,30)(H,26,31). The van der Waals surface area contributed by atoms with Gasteiger partial charge < -0.3 is 15.5 Å². The molecular weight excluding hydrogens is 394 g/mol. The fourth-order valence-electron chi connectivity index (χ4n) is 3.09. The van der Waals surface area contributed by atoms with Gasteiger partial charge in [0.25, 0.3) is 0 Å². The molecule has 0 aliphatic rings. The van der Waals surface area contributed by atoms with E-state index in [4.69, 9.17) is 0 Å². The Morgan fingerprint density at radius 3 is 2.48 bits per heavy atom. The summed E-state index contributed by atoms with van der Waals surface area (Å²) in [6, 6.07) is 16.5. The summed E-state index contributed by atoms with van der Waals surface area (Å²) in [6.45, 7) is 4.67. The SMILES string of the molecule is CCN(Cc1cccc(NC(=O)C(=O)NCc2cccc(-n3cccn3)c2)c1)C(C)=O. The number of amides is 3. The van der Waals surface area contributed by atoms with Gasteiger partial charge >= 0.3 is 11.8 Å². The highest BCUT2D eigenvalue weighted by molar-refractivity contribution is 6.39. The Morgan fingerprint density at radius 2 is 1.77 bits per heavy atom. The molecule has 3 rings (SSSR count). The second-order valence-corrected chi connectivity index (χ2v) is 6.99. The second kappa shape index (κ2) is 10.2. The third-order valence-corrected chi connectivity index (χ3v) is 4.72. The molecule has 0 bridgehead atoms. The van der Waals surface area contributed by atoms with Crippen LogP contribution < -0.4 is 10.6 Å². The molecular formula is C23H25N5O3. The van der Waals surface area contributed by atoms with Gasteiger partial charge in [-0.15, -0.1) is 0 Å². The number of benzene rings is 2. The Bertz CT molecular complexity index is 1060. The van der Waals surface area contributed by atoms with Gasteiger partial charge in [-0.25, -0.2) is 4.68 Å². The summed E-state index contributed by atoms with van der Waals surface area (Å²) in [5.41, 5.74) is 3.08. The summed E-state index contributed by atoms with van der Waals surface area (Å²) in [6.07, 6.45) is 3.52. The molecule has 0 saturated heterocycles. The molecule has 1 aromatic heterocycles. The number of rotatable bonds is 7. The van der Waals surface area contributed by atoms with Crippen molar-refractivity contribution in [3.63, 3.8) is 0 Å². The van der Waals surface area contributed by atoms with Crippen molar-refractivity contribution in [2.75, 3.05) is 11.9 Å². The largest absolute Gasteiger partial charge is 0.344 e. The predicted molar refractivity (Wildman–Crippen MR) is 117 cm³/mol. The van der Waals surface area contributed by atoms with Gasteiger partial charge in [-0.3, -0.25) is 14.4 Å². The predicted octanol–water partition coefficient (Wildman–Crippen LogP) is 2.50. The van der Waals surface area contributed by atoms with Crippen molar-refractivity contribution in [2.45, 2.75) is 26.9 Å². The van der Waals surface area contributed by atoms with E-state index in [-0.39, 0.29) is 12.5 Å². The van der Waals surface area contributed by atoms with Crippen LogP contribution in [0.3, 0.4) is 0 Å². The van der Waals surface area contributed by atoms with E-state index in [0.717, 1.165) is 16.8 Å². The van der Waals surface area contributed by atoms with Gasteiger partial charge in [0, 0.05) is 44.6 Å². The van der Waals surface area contributed by atoms with Crippen LogP contribution in [0.15, 0.2) is 67.0 Å². The lowest BCUT2D eigenvalue weighted by atomic mass is 10.2. The molecule has 160 valence electrons. The Balaban J connectivity index is 1.56. The maximum atomic E-state index is 12.3. The molecule has 0 aliphatic heterocycles. The minimum atomic E-state index is -0.751. The van der Waals surface area contributed by atoms with E-state index < -0.39 is 11.8 Å². The molecule has 8 nitrogen and oxygen atoms in total. The molecule has 0 unspecified atom stereocenters. The van der Waals surface area contributed by atoms with Crippen molar-refractivity contribution in [1.82, 2.24) is 20.0 Å². The summed E-state index contributed by atoms with van der Waals surface area (Å²) in [4.78, 5) is 37.8. The third-order valence-electron chi connectivity index (χ3n) is 4.72. The number of carbonyl (C=O) groups excluding carboxylic acids is 3. The van der Waals surface area contributed by atoms with Crippen LogP contribution in [0.25, 0.3) is 5.69 Å². The normalized spacial score (nSPS) is 10.4. The first-order valence-electron chi connectivity index (χ1n) is 9.99. The Hall–Kier alpha value is -3.94. The lowest BCUT2D eigenvalue weighted by molar-refractivity contribution is -0.136. The van der Waals surface area contributed by atoms with Crippen LogP contribution in [0.4, 0.5) is 5.69 Å². The molecule has 0 spiro atoms. The molecule has 0 fully saturated rings. The number of anilines is 1. The highest BCUT2D eigenvalue weighted by Crippen LogP contribution is 2.13. The van der Waals surface area contributed by atoms with Crippen molar-refractivity contribution in [1.29, 1.82) is 0 Å². The van der Waals surface area contributed by atoms with Gasteiger partial charge in [0.05, 0.1) is 5.69 Å². The zero-order valence-electron chi connectivity index (χ0n) is 17.5. The van der Waals surface area contributed by atoms with Crippen LogP contribution in [0, 0.1) is 0 Å². The monoisotopic (exact) mass is 419 g/mol. The van der Waals surface area contributed by atoms with Gasteiger partial charge in [0.2, 0.25) is 5.91 Å². The van der Waals surface area contributed by atoms with E-state index in [1.165, 1.54) is 6.92 Å². The van der Waals surface area contributed by atoms with Crippen LogP contribution in [0.2, 0.25) is 0 Å².